The van der Waals surface area contributed by atoms with Gasteiger partial charge in [0.25, 0.3) is 0 Å². The molecule has 1 aliphatic carbocycles. The van der Waals surface area contributed by atoms with Crippen LogP contribution in [0.25, 0.3) is 10.9 Å². The van der Waals surface area contributed by atoms with Crippen LogP contribution in [-0.4, -0.2) is 28.8 Å². The molecule has 1 aromatic carbocycles. The second-order valence-corrected chi connectivity index (χ2v) is 5.42. The van der Waals surface area contributed by atoms with Gasteiger partial charge in [0, 0.05) is 35.8 Å². The Morgan fingerprint density at radius 3 is 3.06 bits per heavy atom. The molecule has 3 N–H and O–H groups in total. The van der Waals surface area contributed by atoms with Crippen molar-refractivity contribution >= 4 is 10.9 Å². The van der Waals surface area contributed by atoms with Gasteiger partial charge in [0.2, 0.25) is 0 Å². The topological polar surface area (TPSA) is 48.0 Å². The van der Waals surface area contributed by atoms with Crippen LogP contribution in [0.15, 0.2) is 30.5 Å². The SMILES string of the molecule is CC(Cc1c[nH]c2ccccc12)N[C@@H]1C[C@H]1CO. The summed E-state index contributed by atoms with van der Waals surface area (Å²) in [4.78, 5) is 3.31. The number of nitrogens with one attached hydrogen (secondary N) is 2. The Morgan fingerprint density at radius 1 is 1.44 bits per heavy atom. The number of benzene rings is 1. The number of aromatic amines is 1. The highest BCUT2D eigenvalue weighted by Crippen LogP contribution is 2.30. The van der Waals surface area contributed by atoms with Gasteiger partial charge in [-0.15, -0.1) is 0 Å². The maximum atomic E-state index is 9.04. The molecule has 0 saturated heterocycles. The first-order valence-corrected chi connectivity index (χ1v) is 6.70. The molecule has 0 aliphatic heterocycles. The standard InChI is InChI=1S/C15H20N2O/c1-10(17-15-7-12(15)9-18)6-11-8-16-14-5-3-2-4-13(11)14/h2-5,8,10,12,15-18H,6-7,9H2,1H3/t10?,12-,15+/m0/s1. The Kier molecular flexibility index (Phi) is 3.10. The zero-order valence-corrected chi connectivity index (χ0v) is 10.7. The van der Waals surface area contributed by atoms with Crippen molar-refractivity contribution in [3.63, 3.8) is 0 Å². The summed E-state index contributed by atoms with van der Waals surface area (Å²) in [5, 5.41) is 13.9. The van der Waals surface area contributed by atoms with Crippen LogP contribution in [0.1, 0.15) is 18.9 Å². The average Bonchev–Trinajstić information content (AvgIpc) is 3.01. The first-order valence-electron chi connectivity index (χ1n) is 6.70. The number of hydrogen-bond donors (Lipinski definition) is 3. The summed E-state index contributed by atoms with van der Waals surface area (Å²) in [7, 11) is 0. The Balaban J connectivity index is 1.65. The molecule has 0 amide bonds. The Labute approximate surface area is 107 Å². The first-order chi connectivity index (χ1) is 8.78. The molecule has 96 valence electrons. The molecule has 0 radical (unpaired) electrons. The Morgan fingerprint density at radius 2 is 2.28 bits per heavy atom. The molecule has 0 bridgehead atoms. The predicted molar refractivity (Wildman–Crippen MR) is 73.6 cm³/mol. The number of aromatic nitrogens is 1. The van der Waals surface area contributed by atoms with E-state index in [1.807, 2.05) is 0 Å². The molecule has 3 atom stereocenters. The van der Waals surface area contributed by atoms with Crippen LogP contribution >= 0.6 is 0 Å². The van der Waals surface area contributed by atoms with Crippen molar-refractivity contribution in [1.82, 2.24) is 10.3 Å². The lowest BCUT2D eigenvalue weighted by molar-refractivity contribution is 0.269. The molecule has 1 aliphatic rings. The van der Waals surface area contributed by atoms with E-state index in [9.17, 15) is 0 Å². The van der Waals surface area contributed by atoms with E-state index in [4.69, 9.17) is 5.11 Å². The highest BCUT2D eigenvalue weighted by atomic mass is 16.3. The number of para-hydroxylation sites is 1. The van der Waals surface area contributed by atoms with E-state index in [1.54, 1.807) is 0 Å². The Hall–Kier alpha value is -1.32. The number of hydrogen-bond acceptors (Lipinski definition) is 2. The molecule has 2 aromatic rings. The van der Waals surface area contributed by atoms with E-state index in [1.165, 1.54) is 16.5 Å². The third-order valence-corrected chi connectivity index (χ3v) is 3.86. The third-order valence-electron chi connectivity index (χ3n) is 3.86. The van der Waals surface area contributed by atoms with Gasteiger partial charge in [0.1, 0.15) is 0 Å². The van der Waals surface area contributed by atoms with Crippen LogP contribution in [0, 0.1) is 5.92 Å². The smallest absolute Gasteiger partial charge is 0.0474 e. The maximum Gasteiger partial charge on any atom is 0.0474 e. The van der Waals surface area contributed by atoms with Crippen LogP contribution < -0.4 is 5.32 Å². The van der Waals surface area contributed by atoms with Gasteiger partial charge in [-0.2, -0.15) is 0 Å². The lowest BCUT2D eigenvalue weighted by Crippen LogP contribution is -2.31. The van der Waals surface area contributed by atoms with E-state index in [-0.39, 0.29) is 0 Å². The van der Waals surface area contributed by atoms with Gasteiger partial charge in [-0.05, 0) is 37.3 Å². The van der Waals surface area contributed by atoms with Gasteiger partial charge in [0.05, 0.1) is 0 Å². The highest BCUT2D eigenvalue weighted by Gasteiger charge is 2.36. The van der Waals surface area contributed by atoms with Crippen molar-refractivity contribution in [1.29, 1.82) is 0 Å². The molecule has 3 rings (SSSR count). The number of aliphatic hydroxyl groups is 1. The van der Waals surface area contributed by atoms with Crippen molar-refractivity contribution < 1.29 is 5.11 Å². The van der Waals surface area contributed by atoms with Gasteiger partial charge in [-0.3, -0.25) is 0 Å². The van der Waals surface area contributed by atoms with Crippen LogP contribution in [0.2, 0.25) is 0 Å². The molecule has 1 saturated carbocycles. The fourth-order valence-corrected chi connectivity index (χ4v) is 2.71. The van der Waals surface area contributed by atoms with Gasteiger partial charge in [0.15, 0.2) is 0 Å². The molecular weight excluding hydrogens is 224 g/mol. The van der Waals surface area contributed by atoms with E-state index in [2.05, 4.69) is 47.7 Å². The van der Waals surface area contributed by atoms with Crippen molar-refractivity contribution in [2.75, 3.05) is 6.61 Å². The molecule has 18 heavy (non-hydrogen) atoms. The van der Waals surface area contributed by atoms with Gasteiger partial charge >= 0.3 is 0 Å². The molecule has 0 spiro atoms. The fourth-order valence-electron chi connectivity index (χ4n) is 2.71. The van der Waals surface area contributed by atoms with Gasteiger partial charge < -0.3 is 15.4 Å². The minimum absolute atomic E-state index is 0.317. The van der Waals surface area contributed by atoms with E-state index >= 15 is 0 Å². The molecular formula is C15H20N2O. The molecule has 1 aromatic heterocycles. The predicted octanol–water partition coefficient (Wildman–Crippen LogP) is 2.07. The van der Waals surface area contributed by atoms with Crippen molar-refractivity contribution in [3.05, 3.63) is 36.0 Å². The minimum atomic E-state index is 0.317. The van der Waals surface area contributed by atoms with Crippen LogP contribution in [0.5, 0.6) is 0 Å². The highest BCUT2D eigenvalue weighted by molar-refractivity contribution is 5.83. The summed E-state index contributed by atoms with van der Waals surface area (Å²) in [5.74, 6) is 0.482. The molecule has 3 nitrogen and oxygen atoms in total. The molecule has 1 heterocycles. The van der Waals surface area contributed by atoms with Gasteiger partial charge in [-0.1, -0.05) is 18.2 Å². The monoisotopic (exact) mass is 244 g/mol. The fraction of sp³-hybridized carbons (Fsp3) is 0.467. The number of fused-ring (bicyclic) bond motifs is 1. The summed E-state index contributed by atoms with van der Waals surface area (Å²) < 4.78 is 0. The van der Waals surface area contributed by atoms with Crippen LogP contribution in [-0.2, 0) is 6.42 Å². The van der Waals surface area contributed by atoms with Crippen molar-refractivity contribution in [2.45, 2.75) is 31.8 Å². The third kappa shape index (κ3) is 2.28. The quantitative estimate of drug-likeness (QED) is 0.754. The number of rotatable bonds is 5. The summed E-state index contributed by atoms with van der Waals surface area (Å²) in [6.07, 6.45) is 4.26. The van der Waals surface area contributed by atoms with Crippen molar-refractivity contribution in [3.8, 4) is 0 Å². The zero-order chi connectivity index (χ0) is 12.5. The summed E-state index contributed by atoms with van der Waals surface area (Å²) in [6, 6.07) is 9.39. The van der Waals surface area contributed by atoms with E-state index in [0.29, 0.717) is 24.6 Å². The van der Waals surface area contributed by atoms with Gasteiger partial charge in [-0.25, -0.2) is 0 Å². The minimum Gasteiger partial charge on any atom is -0.396 e. The van der Waals surface area contributed by atoms with Crippen molar-refractivity contribution in [2.24, 2.45) is 5.92 Å². The molecule has 1 fully saturated rings. The van der Waals surface area contributed by atoms with E-state index in [0.717, 1.165) is 12.8 Å². The largest absolute Gasteiger partial charge is 0.396 e. The van der Waals surface area contributed by atoms with Crippen LogP contribution in [0.4, 0.5) is 0 Å². The lowest BCUT2D eigenvalue weighted by Gasteiger charge is -2.13. The van der Waals surface area contributed by atoms with Crippen LogP contribution in [0.3, 0.4) is 0 Å². The Bertz CT molecular complexity index is 534. The number of H-pyrrole nitrogens is 1. The molecule has 1 unspecified atom stereocenters. The zero-order valence-electron chi connectivity index (χ0n) is 10.7. The summed E-state index contributed by atoms with van der Waals surface area (Å²) in [6.45, 7) is 2.53. The second kappa shape index (κ2) is 4.75. The maximum absolute atomic E-state index is 9.04. The first kappa shape index (κ1) is 11.8. The summed E-state index contributed by atoms with van der Waals surface area (Å²) >= 11 is 0. The van der Waals surface area contributed by atoms with E-state index < -0.39 is 0 Å². The average molecular weight is 244 g/mol. The normalized spacial score (nSPS) is 24.3. The molecule has 3 heteroatoms. The second-order valence-electron chi connectivity index (χ2n) is 5.42. The lowest BCUT2D eigenvalue weighted by atomic mass is 10.1. The summed E-state index contributed by atoms with van der Waals surface area (Å²) in [5.41, 5.74) is 2.58. The number of aliphatic hydroxyl groups excluding tert-OH is 1.